The van der Waals surface area contributed by atoms with E-state index in [2.05, 4.69) is 25.5 Å². The average Bonchev–Trinajstić information content (AvgIpc) is 3.44. The maximum Gasteiger partial charge on any atom is 0.231 e. The summed E-state index contributed by atoms with van der Waals surface area (Å²) in [6.45, 7) is 0.466. The molecule has 1 aliphatic rings. The van der Waals surface area contributed by atoms with Crippen LogP contribution >= 0.6 is 0 Å². The average molecular weight is 407 g/mol. The lowest BCUT2D eigenvalue weighted by atomic mass is 10.2. The normalized spacial score (nSPS) is 12.2. The number of benzene rings is 2. The summed E-state index contributed by atoms with van der Waals surface area (Å²) in [4.78, 5) is 7.52. The second-order valence-corrected chi connectivity index (χ2v) is 6.59. The van der Waals surface area contributed by atoms with Crippen LogP contribution in [0.25, 0.3) is 22.8 Å². The second-order valence-electron chi connectivity index (χ2n) is 6.59. The molecule has 1 aliphatic heterocycles. The largest absolute Gasteiger partial charge is 0.454 e. The first kappa shape index (κ1) is 18.0. The number of nitrogens with one attached hydrogen (secondary N) is 2. The smallest absolute Gasteiger partial charge is 0.231 e. The summed E-state index contributed by atoms with van der Waals surface area (Å²) in [5, 5.41) is 11.6. The molecule has 0 saturated heterocycles. The van der Waals surface area contributed by atoms with Crippen molar-refractivity contribution in [1.82, 2.24) is 20.2 Å². The van der Waals surface area contributed by atoms with Gasteiger partial charge in [0.05, 0.1) is 5.56 Å². The van der Waals surface area contributed by atoms with Gasteiger partial charge >= 0.3 is 0 Å². The zero-order valence-corrected chi connectivity index (χ0v) is 15.5. The van der Waals surface area contributed by atoms with Crippen LogP contribution in [0.3, 0.4) is 0 Å². The van der Waals surface area contributed by atoms with Crippen molar-refractivity contribution in [3.63, 3.8) is 0 Å². The molecule has 0 radical (unpaired) electrons. The molecule has 3 heterocycles. The number of halogens is 2. The molecular formula is C21H15F2N5O2. The van der Waals surface area contributed by atoms with Gasteiger partial charge in [-0.15, -0.1) is 10.2 Å². The third-order valence-corrected chi connectivity index (χ3v) is 4.64. The molecule has 0 unspecified atom stereocenters. The summed E-state index contributed by atoms with van der Waals surface area (Å²) in [5.74, 6) is 1.20. The minimum Gasteiger partial charge on any atom is -0.454 e. The molecular weight excluding hydrogens is 392 g/mol. The van der Waals surface area contributed by atoms with E-state index >= 15 is 0 Å². The summed E-state index contributed by atoms with van der Waals surface area (Å²) in [6, 6.07) is 12.9. The van der Waals surface area contributed by atoms with Crippen molar-refractivity contribution in [2.75, 3.05) is 12.1 Å². The van der Waals surface area contributed by atoms with Gasteiger partial charge in [0.25, 0.3) is 0 Å². The molecule has 0 atom stereocenters. The van der Waals surface area contributed by atoms with Gasteiger partial charge in [0.2, 0.25) is 6.79 Å². The molecule has 7 nitrogen and oxygen atoms in total. The molecule has 150 valence electrons. The monoisotopic (exact) mass is 407 g/mol. The Hall–Kier alpha value is -4.01. The molecule has 0 saturated carbocycles. The molecule has 30 heavy (non-hydrogen) atoms. The van der Waals surface area contributed by atoms with Crippen LogP contribution in [-0.4, -0.2) is 27.0 Å². The van der Waals surface area contributed by atoms with Gasteiger partial charge in [0, 0.05) is 18.3 Å². The Kier molecular flexibility index (Phi) is 4.47. The third kappa shape index (κ3) is 3.41. The lowest BCUT2D eigenvalue weighted by Gasteiger charge is -2.09. The van der Waals surface area contributed by atoms with Gasteiger partial charge in [-0.25, -0.2) is 13.8 Å². The SMILES string of the molecule is Fc1ccc(CNc2ncccc2-c2nnc(-c3ccc4c(c3)OCO4)[nH]2)cc1F. The highest BCUT2D eigenvalue weighted by atomic mass is 19.2. The van der Waals surface area contributed by atoms with Gasteiger partial charge in [0.1, 0.15) is 5.82 Å². The molecule has 0 aliphatic carbocycles. The van der Waals surface area contributed by atoms with Gasteiger partial charge in [-0.1, -0.05) is 6.07 Å². The number of aromatic nitrogens is 4. The van der Waals surface area contributed by atoms with Crippen molar-refractivity contribution in [2.45, 2.75) is 6.54 Å². The number of fused-ring (bicyclic) bond motifs is 1. The van der Waals surface area contributed by atoms with Crippen molar-refractivity contribution in [3.05, 3.63) is 71.9 Å². The fourth-order valence-electron chi connectivity index (χ4n) is 3.13. The van der Waals surface area contributed by atoms with Crippen LogP contribution in [0.4, 0.5) is 14.6 Å². The van der Waals surface area contributed by atoms with Gasteiger partial charge in [-0.2, -0.15) is 0 Å². The first-order valence-electron chi connectivity index (χ1n) is 9.13. The minimum absolute atomic E-state index is 0.198. The molecule has 5 rings (SSSR count). The number of anilines is 1. The van der Waals surface area contributed by atoms with Crippen molar-refractivity contribution in [3.8, 4) is 34.3 Å². The molecule has 2 aromatic heterocycles. The highest BCUT2D eigenvalue weighted by Gasteiger charge is 2.17. The van der Waals surface area contributed by atoms with Crippen LogP contribution in [0.1, 0.15) is 5.56 Å². The maximum absolute atomic E-state index is 13.4. The number of rotatable bonds is 5. The van der Waals surface area contributed by atoms with Crippen LogP contribution in [0, 0.1) is 11.6 Å². The number of aromatic amines is 1. The topological polar surface area (TPSA) is 85.0 Å². The van der Waals surface area contributed by atoms with E-state index in [-0.39, 0.29) is 13.3 Å². The molecule has 0 amide bonds. The van der Waals surface area contributed by atoms with Crippen molar-refractivity contribution < 1.29 is 18.3 Å². The highest BCUT2D eigenvalue weighted by molar-refractivity contribution is 5.72. The fraction of sp³-hybridized carbons (Fsp3) is 0.0952. The van der Waals surface area contributed by atoms with E-state index in [1.54, 1.807) is 12.3 Å². The Morgan fingerprint density at radius 2 is 1.80 bits per heavy atom. The Labute approximate surface area is 169 Å². The Balaban J connectivity index is 1.39. The molecule has 9 heteroatoms. The zero-order valence-electron chi connectivity index (χ0n) is 15.5. The number of hydrogen-bond acceptors (Lipinski definition) is 6. The van der Waals surface area contributed by atoms with Crippen LogP contribution in [0.15, 0.2) is 54.7 Å². The zero-order chi connectivity index (χ0) is 20.5. The standard InChI is InChI=1S/C21H15F2N5O2/c22-15-5-3-12(8-16(15)23)10-25-20-14(2-1-7-24-20)21-26-19(27-28-21)13-4-6-17-18(9-13)30-11-29-17/h1-9H,10-11H2,(H,24,25)(H,26,27,28). The molecule has 2 N–H and O–H groups in total. The second kappa shape index (κ2) is 7.43. The van der Waals surface area contributed by atoms with Gasteiger partial charge < -0.3 is 19.8 Å². The highest BCUT2D eigenvalue weighted by Crippen LogP contribution is 2.35. The number of nitrogens with zero attached hydrogens (tertiary/aromatic N) is 3. The Morgan fingerprint density at radius 3 is 2.70 bits per heavy atom. The lowest BCUT2D eigenvalue weighted by molar-refractivity contribution is 0.174. The summed E-state index contributed by atoms with van der Waals surface area (Å²) in [5.41, 5.74) is 2.09. The number of H-pyrrole nitrogens is 1. The van der Waals surface area contributed by atoms with Crippen molar-refractivity contribution in [1.29, 1.82) is 0 Å². The van der Waals surface area contributed by atoms with Crippen LogP contribution < -0.4 is 14.8 Å². The van der Waals surface area contributed by atoms with E-state index < -0.39 is 11.6 Å². The van der Waals surface area contributed by atoms with Gasteiger partial charge in [0.15, 0.2) is 34.8 Å². The van der Waals surface area contributed by atoms with E-state index in [1.807, 2.05) is 24.3 Å². The number of hydrogen-bond donors (Lipinski definition) is 2. The first-order chi connectivity index (χ1) is 14.7. The molecule has 0 spiro atoms. The summed E-state index contributed by atoms with van der Waals surface area (Å²) in [6.07, 6.45) is 1.63. The number of ether oxygens (including phenoxy) is 2. The molecule has 4 aromatic rings. The number of pyridine rings is 1. The predicted molar refractivity (Wildman–Crippen MR) is 105 cm³/mol. The Bertz CT molecular complexity index is 1230. The van der Waals surface area contributed by atoms with Crippen molar-refractivity contribution in [2.24, 2.45) is 0 Å². The summed E-state index contributed by atoms with van der Waals surface area (Å²) >= 11 is 0. The van der Waals surface area contributed by atoms with Crippen LogP contribution in [-0.2, 0) is 6.54 Å². The van der Waals surface area contributed by atoms with E-state index in [0.717, 1.165) is 17.7 Å². The molecule has 0 fully saturated rings. The van der Waals surface area contributed by atoms with E-state index in [0.29, 0.717) is 40.1 Å². The summed E-state index contributed by atoms with van der Waals surface area (Å²) in [7, 11) is 0. The first-order valence-corrected chi connectivity index (χ1v) is 9.13. The maximum atomic E-state index is 13.4. The fourth-order valence-corrected chi connectivity index (χ4v) is 3.13. The minimum atomic E-state index is -0.890. The van der Waals surface area contributed by atoms with E-state index in [4.69, 9.17) is 9.47 Å². The van der Waals surface area contributed by atoms with Crippen molar-refractivity contribution >= 4 is 5.82 Å². The van der Waals surface area contributed by atoms with Crippen LogP contribution in [0.5, 0.6) is 11.5 Å². The third-order valence-electron chi connectivity index (χ3n) is 4.64. The Morgan fingerprint density at radius 1 is 0.933 bits per heavy atom. The predicted octanol–water partition coefficient (Wildman–Crippen LogP) is 4.15. The quantitative estimate of drug-likeness (QED) is 0.517. The summed E-state index contributed by atoms with van der Waals surface area (Å²) < 4.78 is 37.3. The van der Waals surface area contributed by atoms with E-state index in [9.17, 15) is 8.78 Å². The lowest BCUT2D eigenvalue weighted by Crippen LogP contribution is -2.04. The van der Waals surface area contributed by atoms with Gasteiger partial charge in [-0.3, -0.25) is 0 Å². The molecule has 2 aromatic carbocycles. The molecule has 0 bridgehead atoms. The van der Waals surface area contributed by atoms with Gasteiger partial charge in [-0.05, 0) is 48.0 Å². The van der Waals surface area contributed by atoms with E-state index in [1.165, 1.54) is 6.07 Å². The van der Waals surface area contributed by atoms with Crippen LogP contribution in [0.2, 0.25) is 0 Å².